The zero-order valence-corrected chi connectivity index (χ0v) is 14.6. The predicted molar refractivity (Wildman–Crippen MR) is 102 cm³/mol. The molecular formula is C19H19N7O. The molecule has 4 N–H and O–H groups in total. The van der Waals surface area contributed by atoms with E-state index in [1.807, 2.05) is 12.3 Å². The monoisotopic (exact) mass is 361 g/mol. The summed E-state index contributed by atoms with van der Waals surface area (Å²) < 4.78 is 5.85. The van der Waals surface area contributed by atoms with Gasteiger partial charge in [-0.2, -0.15) is 5.10 Å². The zero-order valence-electron chi connectivity index (χ0n) is 14.6. The van der Waals surface area contributed by atoms with Crippen LogP contribution < -0.4 is 11.1 Å². The largest absolute Gasteiger partial charge is 0.436 e. The minimum atomic E-state index is 0.380. The number of pyridine rings is 2. The summed E-state index contributed by atoms with van der Waals surface area (Å²) in [6, 6.07) is 3.75. The smallest absolute Gasteiger partial charge is 0.231 e. The molecule has 0 unspecified atom stereocenters. The summed E-state index contributed by atoms with van der Waals surface area (Å²) in [5, 5.41) is 10.9. The third kappa shape index (κ3) is 2.83. The fraction of sp³-hybridized carbons (Fsp3) is 0.263. The normalized spacial score (nSPS) is 15.4. The summed E-state index contributed by atoms with van der Waals surface area (Å²) in [7, 11) is 0. The van der Waals surface area contributed by atoms with E-state index in [-0.39, 0.29) is 0 Å². The highest BCUT2D eigenvalue weighted by atomic mass is 16.3. The molecule has 1 aliphatic heterocycles. The van der Waals surface area contributed by atoms with Crippen molar-refractivity contribution in [3.05, 3.63) is 42.6 Å². The van der Waals surface area contributed by atoms with Crippen LogP contribution in [0, 0.1) is 0 Å². The molecule has 1 fully saturated rings. The summed E-state index contributed by atoms with van der Waals surface area (Å²) in [5.41, 5.74) is 11.3. The number of aromatic amines is 1. The van der Waals surface area contributed by atoms with Crippen LogP contribution >= 0.6 is 0 Å². The molecule has 0 bridgehead atoms. The number of oxazole rings is 1. The molecule has 4 aromatic rings. The Bertz CT molecular complexity index is 1060. The quantitative estimate of drug-likeness (QED) is 0.513. The second kappa shape index (κ2) is 6.48. The van der Waals surface area contributed by atoms with Gasteiger partial charge in [0.05, 0.1) is 18.0 Å². The van der Waals surface area contributed by atoms with E-state index < -0.39 is 0 Å². The molecule has 0 aromatic carbocycles. The SMILES string of the molecule is Nc1ncc(-c2cn[nH]c2C2CCNCC2)cc1-c1nc2cnccc2o1. The molecule has 0 radical (unpaired) electrons. The average molecular weight is 361 g/mol. The minimum Gasteiger partial charge on any atom is -0.436 e. The van der Waals surface area contributed by atoms with E-state index in [4.69, 9.17) is 10.2 Å². The first-order valence-electron chi connectivity index (χ1n) is 9.00. The maximum atomic E-state index is 6.12. The van der Waals surface area contributed by atoms with Gasteiger partial charge in [-0.15, -0.1) is 0 Å². The Labute approximate surface area is 155 Å². The van der Waals surface area contributed by atoms with Crippen molar-refractivity contribution < 1.29 is 4.42 Å². The Balaban J connectivity index is 1.57. The summed E-state index contributed by atoms with van der Waals surface area (Å²) in [4.78, 5) is 13.0. The molecule has 0 spiro atoms. The number of aromatic nitrogens is 5. The third-order valence-corrected chi connectivity index (χ3v) is 5.07. The second-order valence-corrected chi connectivity index (χ2v) is 6.74. The number of hydrogen-bond acceptors (Lipinski definition) is 7. The van der Waals surface area contributed by atoms with Crippen LogP contribution in [-0.2, 0) is 0 Å². The first-order valence-corrected chi connectivity index (χ1v) is 9.00. The van der Waals surface area contributed by atoms with Crippen molar-refractivity contribution in [3.63, 3.8) is 0 Å². The molecular weight excluding hydrogens is 342 g/mol. The van der Waals surface area contributed by atoms with Crippen molar-refractivity contribution in [2.24, 2.45) is 0 Å². The van der Waals surface area contributed by atoms with E-state index in [9.17, 15) is 0 Å². The Kier molecular flexibility index (Phi) is 3.83. The minimum absolute atomic E-state index is 0.380. The molecule has 8 heteroatoms. The standard InChI is InChI=1S/C19H19N7O/c20-18-13(19-25-15-10-22-6-3-16(15)27-19)7-12(8-23-18)14-9-24-26-17(14)11-1-4-21-5-2-11/h3,6-11,21H,1-2,4-5H2,(H2,20,23)(H,24,26). The van der Waals surface area contributed by atoms with Gasteiger partial charge in [0.1, 0.15) is 11.3 Å². The lowest BCUT2D eigenvalue weighted by Gasteiger charge is -2.22. The lowest BCUT2D eigenvalue weighted by Crippen LogP contribution is -2.27. The molecule has 0 amide bonds. The van der Waals surface area contributed by atoms with Gasteiger partial charge in [-0.05, 0) is 32.0 Å². The Morgan fingerprint density at radius 2 is 2.00 bits per heavy atom. The van der Waals surface area contributed by atoms with Gasteiger partial charge < -0.3 is 15.5 Å². The van der Waals surface area contributed by atoms with Crippen LogP contribution in [0.3, 0.4) is 0 Å². The highest BCUT2D eigenvalue weighted by Gasteiger charge is 2.22. The van der Waals surface area contributed by atoms with Gasteiger partial charge in [-0.1, -0.05) is 0 Å². The molecule has 5 rings (SSSR count). The number of piperidine rings is 1. The molecule has 1 aliphatic rings. The van der Waals surface area contributed by atoms with Crippen molar-refractivity contribution in [2.75, 3.05) is 18.8 Å². The molecule has 27 heavy (non-hydrogen) atoms. The zero-order chi connectivity index (χ0) is 18.2. The maximum Gasteiger partial charge on any atom is 0.231 e. The number of anilines is 1. The van der Waals surface area contributed by atoms with E-state index in [1.54, 1.807) is 24.7 Å². The second-order valence-electron chi connectivity index (χ2n) is 6.74. The molecule has 0 saturated carbocycles. The molecule has 5 heterocycles. The number of nitrogen functional groups attached to an aromatic ring is 1. The van der Waals surface area contributed by atoms with Gasteiger partial charge in [0.15, 0.2) is 5.58 Å². The van der Waals surface area contributed by atoms with E-state index in [2.05, 4.69) is 30.5 Å². The predicted octanol–water partition coefficient (Wildman–Crippen LogP) is 2.72. The summed E-state index contributed by atoms with van der Waals surface area (Å²) in [5.74, 6) is 1.28. The highest BCUT2D eigenvalue weighted by molar-refractivity contribution is 5.80. The van der Waals surface area contributed by atoms with Gasteiger partial charge >= 0.3 is 0 Å². The number of nitrogens with two attached hydrogens (primary N) is 1. The summed E-state index contributed by atoms with van der Waals surface area (Å²) in [6.07, 6.45) is 9.14. The van der Waals surface area contributed by atoms with E-state index in [0.29, 0.717) is 34.3 Å². The lowest BCUT2D eigenvalue weighted by molar-refractivity contribution is 0.453. The fourth-order valence-electron chi connectivity index (χ4n) is 3.64. The Morgan fingerprint density at radius 1 is 1.11 bits per heavy atom. The molecule has 0 aliphatic carbocycles. The average Bonchev–Trinajstić information content (AvgIpc) is 3.36. The van der Waals surface area contributed by atoms with Crippen LogP contribution in [0.25, 0.3) is 33.7 Å². The maximum absolute atomic E-state index is 6.12. The van der Waals surface area contributed by atoms with Crippen LogP contribution in [0.15, 0.2) is 41.3 Å². The third-order valence-electron chi connectivity index (χ3n) is 5.07. The van der Waals surface area contributed by atoms with E-state index in [1.165, 1.54) is 0 Å². The van der Waals surface area contributed by atoms with Crippen molar-refractivity contribution in [3.8, 4) is 22.6 Å². The highest BCUT2D eigenvalue weighted by Crippen LogP contribution is 2.35. The number of hydrogen-bond donors (Lipinski definition) is 3. The van der Waals surface area contributed by atoms with Crippen molar-refractivity contribution in [1.82, 2.24) is 30.5 Å². The molecule has 4 aromatic heterocycles. The number of fused-ring (bicyclic) bond motifs is 1. The van der Waals surface area contributed by atoms with Crippen LogP contribution in [0.5, 0.6) is 0 Å². The topological polar surface area (TPSA) is 119 Å². The van der Waals surface area contributed by atoms with Crippen molar-refractivity contribution in [2.45, 2.75) is 18.8 Å². The number of H-pyrrole nitrogens is 1. The van der Waals surface area contributed by atoms with Crippen LogP contribution in [0.1, 0.15) is 24.5 Å². The summed E-state index contributed by atoms with van der Waals surface area (Å²) >= 11 is 0. The van der Waals surface area contributed by atoms with Gasteiger partial charge in [-0.25, -0.2) is 9.97 Å². The van der Waals surface area contributed by atoms with Crippen molar-refractivity contribution >= 4 is 16.9 Å². The first-order chi connectivity index (χ1) is 13.3. The van der Waals surface area contributed by atoms with Crippen LogP contribution in [0.4, 0.5) is 5.82 Å². The number of rotatable bonds is 3. The Morgan fingerprint density at radius 3 is 2.85 bits per heavy atom. The van der Waals surface area contributed by atoms with Crippen LogP contribution in [0.2, 0.25) is 0 Å². The molecule has 0 atom stereocenters. The van der Waals surface area contributed by atoms with Gasteiger partial charge in [-0.3, -0.25) is 10.1 Å². The van der Waals surface area contributed by atoms with E-state index in [0.717, 1.165) is 42.8 Å². The van der Waals surface area contributed by atoms with Gasteiger partial charge in [0, 0.05) is 41.2 Å². The summed E-state index contributed by atoms with van der Waals surface area (Å²) in [6.45, 7) is 2.04. The molecule has 1 saturated heterocycles. The van der Waals surface area contributed by atoms with Gasteiger partial charge in [0.2, 0.25) is 5.89 Å². The number of nitrogens with one attached hydrogen (secondary N) is 2. The molecule has 136 valence electrons. The van der Waals surface area contributed by atoms with E-state index >= 15 is 0 Å². The van der Waals surface area contributed by atoms with Crippen molar-refractivity contribution in [1.29, 1.82) is 0 Å². The fourth-order valence-corrected chi connectivity index (χ4v) is 3.64. The molecule has 8 nitrogen and oxygen atoms in total. The van der Waals surface area contributed by atoms with Crippen LogP contribution in [-0.4, -0.2) is 38.2 Å². The first kappa shape index (κ1) is 16.0. The number of nitrogens with zero attached hydrogens (tertiary/aromatic N) is 4. The van der Waals surface area contributed by atoms with Gasteiger partial charge in [0.25, 0.3) is 0 Å². The lowest BCUT2D eigenvalue weighted by atomic mass is 9.90. The Hall–Kier alpha value is -3.26.